The first-order valence-electron chi connectivity index (χ1n) is 5.11. The van der Waals surface area contributed by atoms with Crippen molar-refractivity contribution in [3.63, 3.8) is 0 Å². The van der Waals surface area contributed by atoms with Gasteiger partial charge in [0.1, 0.15) is 0 Å². The molecule has 1 fully saturated rings. The number of rotatable bonds is 2. The summed E-state index contributed by atoms with van der Waals surface area (Å²) in [4.78, 5) is 0. The van der Waals surface area contributed by atoms with Crippen molar-refractivity contribution in [2.24, 2.45) is 11.8 Å². The van der Waals surface area contributed by atoms with Crippen LogP contribution in [0.4, 0.5) is 0 Å². The molecule has 2 unspecified atom stereocenters. The molecular formula is C11H19Br. The summed E-state index contributed by atoms with van der Waals surface area (Å²) in [5.41, 5.74) is 0. The maximum absolute atomic E-state index is 3.31. The van der Waals surface area contributed by atoms with Gasteiger partial charge in [-0.15, -0.1) is 0 Å². The zero-order valence-corrected chi connectivity index (χ0v) is 9.52. The molecule has 0 nitrogen and oxygen atoms in total. The van der Waals surface area contributed by atoms with E-state index in [-0.39, 0.29) is 0 Å². The lowest BCUT2D eigenvalue weighted by Gasteiger charge is -1.96. The Labute approximate surface area is 84.6 Å². The van der Waals surface area contributed by atoms with Crippen LogP contribution in [0.3, 0.4) is 0 Å². The van der Waals surface area contributed by atoms with Crippen molar-refractivity contribution in [2.45, 2.75) is 39.0 Å². The highest BCUT2D eigenvalue weighted by atomic mass is 79.9. The van der Waals surface area contributed by atoms with Crippen molar-refractivity contribution in [3.8, 4) is 0 Å². The van der Waals surface area contributed by atoms with Crippen molar-refractivity contribution in [3.05, 3.63) is 12.2 Å². The van der Waals surface area contributed by atoms with E-state index < -0.39 is 0 Å². The van der Waals surface area contributed by atoms with Crippen LogP contribution in [0.5, 0.6) is 0 Å². The van der Waals surface area contributed by atoms with Gasteiger partial charge in [0.2, 0.25) is 0 Å². The second-order valence-corrected chi connectivity index (χ2v) is 4.55. The van der Waals surface area contributed by atoms with E-state index in [4.69, 9.17) is 0 Å². The van der Waals surface area contributed by atoms with Crippen LogP contribution in [0.1, 0.15) is 39.0 Å². The topological polar surface area (TPSA) is 0 Å². The molecule has 2 rings (SSSR count). The summed E-state index contributed by atoms with van der Waals surface area (Å²) in [6, 6.07) is 0. The largest absolute Gasteiger partial charge is 0.0928 e. The van der Waals surface area contributed by atoms with Gasteiger partial charge in [-0.25, -0.2) is 0 Å². The predicted molar refractivity (Wildman–Crippen MR) is 58.7 cm³/mol. The number of halogens is 1. The SMILES string of the molecule is C1=CC2CCC1C2.CCCCBr. The normalized spacial score (nSPS) is 30.2. The zero-order valence-electron chi connectivity index (χ0n) is 7.93. The molecule has 0 radical (unpaired) electrons. The van der Waals surface area contributed by atoms with Crippen molar-refractivity contribution in [2.75, 3.05) is 5.33 Å². The van der Waals surface area contributed by atoms with E-state index in [2.05, 4.69) is 35.0 Å². The van der Waals surface area contributed by atoms with Crippen LogP contribution in [0.25, 0.3) is 0 Å². The maximum atomic E-state index is 3.31. The number of hydrogen-bond acceptors (Lipinski definition) is 0. The Hall–Kier alpha value is 0.220. The lowest BCUT2D eigenvalue weighted by Crippen LogP contribution is -1.82. The monoisotopic (exact) mass is 230 g/mol. The standard InChI is InChI=1S/C7H10.C4H9Br/c1-2-7-4-3-6(1)5-7;1-2-3-4-5/h1-2,6-7H,3-5H2;2-4H2,1H3. The summed E-state index contributed by atoms with van der Waals surface area (Å²) in [5.74, 6) is 1.98. The molecule has 70 valence electrons. The third-order valence-electron chi connectivity index (χ3n) is 2.66. The van der Waals surface area contributed by atoms with Crippen molar-refractivity contribution < 1.29 is 0 Å². The summed E-state index contributed by atoms with van der Waals surface area (Å²) in [7, 11) is 0. The molecule has 2 atom stereocenters. The van der Waals surface area contributed by atoms with Crippen molar-refractivity contribution in [1.82, 2.24) is 0 Å². The van der Waals surface area contributed by atoms with E-state index in [0.717, 1.165) is 17.2 Å². The molecule has 2 bridgehead atoms. The molecule has 0 aliphatic heterocycles. The third kappa shape index (κ3) is 3.30. The van der Waals surface area contributed by atoms with Gasteiger partial charge in [-0.1, -0.05) is 41.4 Å². The lowest BCUT2D eigenvalue weighted by atomic mass is 10.1. The highest BCUT2D eigenvalue weighted by Gasteiger charge is 2.25. The van der Waals surface area contributed by atoms with Gasteiger partial charge in [0, 0.05) is 5.33 Å². The van der Waals surface area contributed by atoms with E-state index in [1.54, 1.807) is 0 Å². The smallest absolute Gasteiger partial charge is 0.00312 e. The molecule has 0 amide bonds. The number of fused-ring (bicyclic) bond motifs is 2. The van der Waals surface area contributed by atoms with Gasteiger partial charge in [-0.05, 0) is 37.5 Å². The Morgan fingerprint density at radius 2 is 1.83 bits per heavy atom. The average Bonchev–Trinajstić information content (AvgIpc) is 2.69. The number of unbranched alkanes of at least 4 members (excludes halogenated alkanes) is 1. The minimum Gasteiger partial charge on any atom is -0.0928 e. The molecule has 0 aromatic rings. The summed E-state index contributed by atoms with van der Waals surface area (Å²) in [5, 5.41) is 1.16. The number of allylic oxidation sites excluding steroid dienone is 2. The molecule has 0 aromatic carbocycles. The van der Waals surface area contributed by atoms with Gasteiger partial charge in [-0.3, -0.25) is 0 Å². The van der Waals surface area contributed by atoms with Crippen LogP contribution < -0.4 is 0 Å². The molecule has 0 aromatic heterocycles. The van der Waals surface area contributed by atoms with Gasteiger partial charge in [0.05, 0.1) is 0 Å². The summed E-state index contributed by atoms with van der Waals surface area (Å²) in [6.07, 6.45) is 11.8. The van der Waals surface area contributed by atoms with E-state index in [9.17, 15) is 0 Å². The second kappa shape index (κ2) is 5.80. The summed E-state index contributed by atoms with van der Waals surface area (Å²) < 4.78 is 0. The van der Waals surface area contributed by atoms with Crippen LogP contribution >= 0.6 is 15.9 Å². The van der Waals surface area contributed by atoms with Gasteiger partial charge >= 0.3 is 0 Å². The maximum Gasteiger partial charge on any atom is 0.00312 e. The Bertz CT molecular complexity index is 126. The van der Waals surface area contributed by atoms with Crippen molar-refractivity contribution >= 4 is 15.9 Å². The van der Waals surface area contributed by atoms with Crippen LogP contribution in [0.2, 0.25) is 0 Å². The fourth-order valence-corrected chi connectivity index (χ4v) is 2.41. The average molecular weight is 231 g/mol. The van der Waals surface area contributed by atoms with Crippen molar-refractivity contribution in [1.29, 1.82) is 0 Å². The van der Waals surface area contributed by atoms with Crippen LogP contribution in [0.15, 0.2) is 12.2 Å². The molecule has 0 heterocycles. The molecule has 2 aliphatic rings. The minimum absolute atomic E-state index is 0.991. The Kier molecular flexibility index (Phi) is 4.98. The van der Waals surface area contributed by atoms with E-state index in [1.165, 1.54) is 32.1 Å². The fraction of sp³-hybridized carbons (Fsp3) is 0.818. The zero-order chi connectivity index (χ0) is 8.81. The van der Waals surface area contributed by atoms with Gasteiger partial charge in [0.15, 0.2) is 0 Å². The number of hydrogen-bond donors (Lipinski definition) is 0. The molecule has 2 aliphatic carbocycles. The molecular weight excluding hydrogens is 212 g/mol. The van der Waals surface area contributed by atoms with E-state index >= 15 is 0 Å². The van der Waals surface area contributed by atoms with Gasteiger partial charge in [0.25, 0.3) is 0 Å². The fourth-order valence-electron chi connectivity index (χ4n) is 1.85. The first-order chi connectivity index (χ1) is 5.86. The molecule has 12 heavy (non-hydrogen) atoms. The summed E-state index contributed by atoms with van der Waals surface area (Å²) >= 11 is 3.31. The quantitative estimate of drug-likeness (QED) is 0.494. The first-order valence-corrected chi connectivity index (χ1v) is 6.23. The molecule has 0 N–H and O–H groups in total. The van der Waals surface area contributed by atoms with Crippen LogP contribution in [-0.2, 0) is 0 Å². The molecule has 1 saturated carbocycles. The second-order valence-electron chi connectivity index (χ2n) is 3.76. The number of alkyl halides is 1. The molecule has 0 saturated heterocycles. The van der Waals surface area contributed by atoms with Crippen LogP contribution in [-0.4, -0.2) is 5.33 Å². The Morgan fingerprint density at radius 1 is 1.25 bits per heavy atom. The molecule has 1 heteroatoms. The minimum atomic E-state index is 0.991. The predicted octanol–water partition coefficient (Wildman–Crippen LogP) is 4.15. The van der Waals surface area contributed by atoms with Gasteiger partial charge < -0.3 is 0 Å². The highest BCUT2D eigenvalue weighted by molar-refractivity contribution is 9.09. The Morgan fingerprint density at radius 3 is 1.92 bits per heavy atom. The third-order valence-corrected chi connectivity index (χ3v) is 3.22. The van der Waals surface area contributed by atoms with E-state index in [1.807, 2.05) is 0 Å². The lowest BCUT2D eigenvalue weighted by molar-refractivity contribution is 0.691. The van der Waals surface area contributed by atoms with Gasteiger partial charge in [-0.2, -0.15) is 0 Å². The molecule has 0 spiro atoms. The van der Waals surface area contributed by atoms with E-state index in [0.29, 0.717) is 0 Å². The van der Waals surface area contributed by atoms with Crippen LogP contribution in [0, 0.1) is 11.8 Å². The first kappa shape index (κ1) is 10.3. The Balaban J connectivity index is 0.000000130. The highest BCUT2D eigenvalue weighted by Crippen LogP contribution is 2.38. The summed E-state index contributed by atoms with van der Waals surface area (Å²) in [6.45, 7) is 2.18.